The normalized spacial score (nSPS) is 27.2. The van der Waals surface area contributed by atoms with E-state index in [1.54, 1.807) is 0 Å². The predicted molar refractivity (Wildman–Crippen MR) is 80.8 cm³/mol. The molecule has 0 radical (unpaired) electrons. The van der Waals surface area contributed by atoms with Gasteiger partial charge in [-0.1, -0.05) is 0 Å². The van der Waals surface area contributed by atoms with E-state index in [2.05, 4.69) is 4.99 Å². The molecule has 0 bridgehead atoms. The summed E-state index contributed by atoms with van der Waals surface area (Å²) in [7, 11) is 3.68. The maximum absolute atomic E-state index is 12.9. The summed E-state index contributed by atoms with van der Waals surface area (Å²) < 4.78 is 77.3. The monoisotopic (exact) mass is 386 g/mol. The molecule has 1 N–H and O–H groups in total. The zero-order valence-electron chi connectivity index (χ0n) is 14.3. The molecule has 0 aromatic rings. The Morgan fingerprint density at radius 2 is 1.65 bits per heavy atom. The van der Waals surface area contributed by atoms with Gasteiger partial charge in [-0.15, -0.1) is 0 Å². The van der Waals surface area contributed by atoms with Crippen molar-refractivity contribution >= 4 is 5.84 Å². The van der Waals surface area contributed by atoms with Crippen molar-refractivity contribution in [1.29, 1.82) is 0 Å². The van der Waals surface area contributed by atoms with Gasteiger partial charge in [-0.3, -0.25) is 0 Å². The lowest BCUT2D eigenvalue weighted by Gasteiger charge is -2.48. The van der Waals surface area contributed by atoms with E-state index in [4.69, 9.17) is 0 Å². The molecule has 0 saturated heterocycles. The minimum absolute atomic E-state index is 0.324. The molecule has 26 heavy (non-hydrogen) atoms. The summed E-state index contributed by atoms with van der Waals surface area (Å²) in [5.41, 5.74) is -3.77. The van der Waals surface area contributed by atoms with Gasteiger partial charge in [-0.25, -0.2) is 4.99 Å². The van der Waals surface area contributed by atoms with E-state index in [0.717, 1.165) is 11.5 Å². The van der Waals surface area contributed by atoms with Crippen molar-refractivity contribution in [1.82, 2.24) is 14.7 Å². The molecule has 0 spiro atoms. The fourth-order valence-corrected chi connectivity index (χ4v) is 3.82. The van der Waals surface area contributed by atoms with Crippen LogP contribution < -0.4 is 0 Å². The molecule has 11 heteroatoms. The van der Waals surface area contributed by atoms with E-state index in [1.165, 1.54) is 0 Å². The molecule has 5 nitrogen and oxygen atoms in total. The molecule has 1 saturated carbocycles. The number of hydrogen-bond acceptors (Lipinski definition) is 5. The second-order valence-corrected chi connectivity index (χ2v) is 7.24. The lowest BCUT2D eigenvalue weighted by atomic mass is 9.65. The van der Waals surface area contributed by atoms with Crippen LogP contribution in [0.3, 0.4) is 0 Å². The predicted octanol–water partition coefficient (Wildman–Crippen LogP) is 2.22. The van der Waals surface area contributed by atoms with Crippen molar-refractivity contribution in [3.8, 4) is 0 Å². The third-order valence-corrected chi connectivity index (χ3v) is 5.32. The number of aliphatic hydroxyl groups is 1. The Morgan fingerprint density at radius 1 is 1.08 bits per heavy atom. The van der Waals surface area contributed by atoms with Gasteiger partial charge >= 0.3 is 12.4 Å². The molecule has 0 aromatic carbocycles. The van der Waals surface area contributed by atoms with Crippen LogP contribution in [0.15, 0.2) is 16.9 Å². The smallest absolute Gasteiger partial charge is 0.373 e. The highest BCUT2D eigenvalue weighted by molar-refractivity contribution is 5.99. The zero-order valence-corrected chi connectivity index (χ0v) is 14.3. The molecule has 3 rings (SSSR count). The standard InChI is InChI=1S/C15H20F6N4O/c1-23-7-22-12-11(23)6-25(8-24(12)2)5-9-3-10(4-9)13(26,14(16,17)18)15(19,20)21/h6,9-10,26H,3-5,7-8H2,1-2H3. The van der Waals surface area contributed by atoms with Gasteiger partial charge < -0.3 is 19.8 Å². The Hall–Kier alpha value is -1.65. The van der Waals surface area contributed by atoms with Crippen molar-refractivity contribution < 1.29 is 31.4 Å². The molecule has 1 aliphatic carbocycles. The molecular formula is C15H20F6N4O. The largest absolute Gasteiger partial charge is 0.426 e. The molecule has 1 fully saturated rings. The number of halogens is 6. The van der Waals surface area contributed by atoms with Gasteiger partial charge in [0, 0.05) is 32.8 Å². The number of alkyl halides is 6. The van der Waals surface area contributed by atoms with E-state index in [1.807, 2.05) is 35.0 Å². The highest BCUT2D eigenvalue weighted by Gasteiger charge is 2.75. The summed E-state index contributed by atoms with van der Waals surface area (Å²) in [5.74, 6) is -1.39. The molecule has 0 unspecified atom stereocenters. The van der Waals surface area contributed by atoms with Crippen molar-refractivity contribution in [3.05, 3.63) is 11.9 Å². The third kappa shape index (κ3) is 2.89. The summed E-state index contributed by atoms with van der Waals surface area (Å²) >= 11 is 0. The number of nitrogens with zero attached hydrogens (tertiary/aromatic N) is 4. The van der Waals surface area contributed by atoms with Gasteiger partial charge in [0.15, 0.2) is 5.84 Å². The highest BCUT2D eigenvalue weighted by Crippen LogP contribution is 2.55. The zero-order chi connectivity index (χ0) is 19.5. The average molecular weight is 386 g/mol. The van der Waals surface area contributed by atoms with Crippen LogP contribution in [0.2, 0.25) is 0 Å². The number of rotatable bonds is 3. The number of likely N-dealkylation sites (N-methyl/N-ethyl adjacent to an activating group) is 2. The van der Waals surface area contributed by atoms with Crippen LogP contribution in [-0.2, 0) is 0 Å². The Kier molecular flexibility index (Phi) is 4.36. The van der Waals surface area contributed by atoms with Crippen LogP contribution in [0.25, 0.3) is 0 Å². The number of aliphatic imine (C=N–C) groups is 1. The Labute approximate surface area is 146 Å². The van der Waals surface area contributed by atoms with Crippen molar-refractivity contribution in [2.45, 2.75) is 30.8 Å². The molecule has 0 atom stereocenters. The van der Waals surface area contributed by atoms with Gasteiger partial charge in [0.2, 0.25) is 0 Å². The molecule has 0 amide bonds. The quantitative estimate of drug-likeness (QED) is 0.756. The summed E-state index contributed by atoms with van der Waals surface area (Å²) in [6.07, 6.45) is -10.3. The van der Waals surface area contributed by atoms with E-state index in [-0.39, 0.29) is 18.8 Å². The van der Waals surface area contributed by atoms with E-state index < -0.39 is 23.9 Å². The number of hydrogen-bond donors (Lipinski definition) is 1. The molecule has 2 aliphatic heterocycles. The van der Waals surface area contributed by atoms with Gasteiger partial charge in [0.1, 0.15) is 6.67 Å². The molecule has 2 heterocycles. The second kappa shape index (κ2) is 5.93. The summed E-state index contributed by atoms with van der Waals surface area (Å²) in [6.45, 7) is 1.30. The average Bonchev–Trinajstić information content (AvgIpc) is 2.81. The summed E-state index contributed by atoms with van der Waals surface area (Å²) in [5, 5.41) is 9.42. The van der Waals surface area contributed by atoms with Gasteiger partial charge in [-0.2, -0.15) is 26.3 Å². The lowest BCUT2D eigenvalue weighted by Crippen LogP contribution is -2.64. The van der Waals surface area contributed by atoms with E-state index in [9.17, 15) is 31.4 Å². The maximum atomic E-state index is 12.9. The van der Waals surface area contributed by atoms with Gasteiger partial charge in [0.25, 0.3) is 5.60 Å². The number of fused-ring (bicyclic) bond motifs is 1. The fourth-order valence-electron chi connectivity index (χ4n) is 3.82. The van der Waals surface area contributed by atoms with Gasteiger partial charge in [0.05, 0.1) is 12.4 Å². The fraction of sp³-hybridized carbons (Fsp3) is 0.800. The molecule has 0 aromatic heterocycles. The van der Waals surface area contributed by atoms with E-state index >= 15 is 0 Å². The minimum Gasteiger partial charge on any atom is -0.373 e. The SMILES string of the molecule is CN1CN=C2C1=CN(CC1CC(C(O)(C(F)(F)F)C(F)(F)F)C1)CN2C. The van der Waals surface area contributed by atoms with Crippen LogP contribution in [0.1, 0.15) is 12.8 Å². The summed E-state index contributed by atoms with van der Waals surface area (Å²) in [4.78, 5) is 10.0. The van der Waals surface area contributed by atoms with Crippen LogP contribution in [0.4, 0.5) is 26.3 Å². The molecular weight excluding hydrogens is 366 g/mol. The van der Waals surface area contributed by atoms with Crippen LogP contribution >= 0.6 is 0 Å². The Bertz CT molecular complexity index is 609. The Balaban J connectivity index is 1.65. The minimum atomic E-state index is -5.74. The van der Waals surface area contributed by atoms with Crippen LogP contribution in [0.5, 0.6) is 0 Å². The first-order chi connectivity index (χ1) is 11.8. The van der Waals surface area contributed by atoms with Crippen LogP contribution in [0, 0.1) is 11.8 Å². The molecule has 148 valence electrons. The third-order valence-electron chi connectivity index (χ3n) is 5.32. The Morgan fingerprint density at radius 3 is 2.19 bits per heavy atom. The maximum Gasteiger partial charge on any atom is 0.426 e. The van der Waals surface area contributed by atoms with Gasteiger partial charge in [-0.05, 0) is 18.8 Å². The van der Waals surface area contributed by atoms with Crippen molar-refractivity contribution in [2.75, 3.05) is 34.0 Å². The van der Waals surface area contributed by atoms with Crippen LogP contribution in [-0.4, -0.2) is 77.6 Å². The second-order valence-electron chi connectivity index (χ2n) is 7.24. The first-order valence-electron chi connectivity index (χ1n) is 8.13. The summed E-state index contributed by atoms with van der Waals surface area (Å²) in [6, 6.07) is 0. The first-order valence-corrected chi connectivity index (χ1v) is 8.13. The molecule has 3 aliphatic rings. The van der Waals surface area contributed by atoms with Crippen molar-refractivity contribution in [2.24, 2.45) is 16.8 Å². The number of amidine groups is 1. The topological polar surface area (TPSA) is 42.3 Å². The van der Waals surface area contributed by atoms with Crippen molar-refractivity contribution in [3.63, 3.8) is 0 Å². The highest BCUT2D eigenvalue weighted by atomic mass is 19.4. The first kappa shape index (κ1) is 19.1. The van der Waals surface area contributed by atoms with E-state index in [0.29, 0.717) is 19.9 Å². The lowest BCUT2D eigenvalue weighted by molar-refractivity contribution is -0.393.